The number of nitrogens with zero attached hydrogens (tertiary/aromatic N) is 5. The number of aromatic nitrogens is 5. The predicted molar refractivity (Wildman–Crippen MR) is 95.9 cm³/mol. The number of fused-ring (bicyclic) bond motifs is 1. The van der Waals surface area contributed by atoms with Crippen molar-refractivity contribution in [2.45, 2.75) is 19.9 Å². The summed E-state index contributed by atoms with van der Waals surface area (Å²) in [7, 11) is 0. The third-order valence-electron chi connectivity index (χ3n) is 4.33. The number of benzene rings is 2. The maximum Gasteiger partial charge on any atom is 0.284 e. The molecule has 1 atom stereocenters. The van der Waals surface area contributed by atoms with Crippen LogP contribution in [0.4, 0.5) is 0 Å². The highest BCUT2D eigenvalue weighted by atomic mass is 16.1. The van der Waals surface area contributed by atoms with Crippen molar-refractivity contribution in [2.24, 2.45) is 0 Å². The standard InChI is InChI=1S/C19H17N5O/c1-13-7-6-10-16(11-13)24-18-17(21-22-24)19(25)23(12-20-18)14(2)15-8-4-3-5-9-15/h3-12,14H,1-2H3/t14-/m0/s1. The lowest BCUT2D eigenvalue weighted by Gasteiger charge is -2.14. The normalized spacial score (nSPS) is 12.4. The number of rotatable bonds is 3. The van der Waals surface area contributed by atoms with E-state index in [1.807, 2.05) is 68.4 Å². The minimum Gasteiger partial charge on any atom is -0.290 e. The second kappa shape index (κ2) is 5.98. The quantitative estimate of drug-likeness (QED) is 0.579. The fraction of sp³-hybridized carbons (Fsp3) is 0.158. The summed E-state index contributed by atoms with van der Waals surface area (Å²) in [6, 6.07) is 17.6. The van der Waals surface area contributed by atoms with E-state index in [1.165, 1.54) is 0 Å². The van der Waals surface area contributed by atoms with Crippen molar-refractivity contribution >= 4 is 11.2 Å². The summed E-state index contributed by atoms with van der Waals surface area (Å²) in [5, 5.41) is 8.21. The van der Waals surface area contributed by atoms with E-state index in [-0.39, 0.29) is 17.1 Å². The van der Waals surface area contributed by atoms with Crippen molar-refractivity contribution in [1.82, 2.24) is 24.5 Å². The van der Waals surface area contributed by atoms with Gasteiger partial charge in [-0.25, -0.2) is 4.98 Å². The Morgan fingerprint density at radius 2 is 1.84 bits per heavy atom. The van der Waals surface area contributed by atoms with Crippen LogP contribution in [0.5, 0.6) is 0 Å². The van der Waals surface area contributed by atoms with Gasteiger partial charge in [0.05, 0.1) is 11.7 Å². The van der Waals surface area contributed by atoms with Gasteiger partial charge < -0.3 is 0 Å². The van der Waals surface area contributed by atoms with E-state index < -0.39 is 0 Å². The molecule has 2 heterocycles. The number of hydrogen-bond donors (Lipinski definition) is 0. The Hall–Kier alpha value is -3.28. The van der Waals surface area contributed by atoms with Crippen LogP contribution >= 0.6 is 0 Å². The van der Waals surface area contributed by atoms with Gasteiger partial charge in [-0.15, -0.1) is 5.10 Å². The predicted octanol–water partition coefficient (Wildman–Crippen LogP) is 2.89. The molecule has 0 aliphatic heterocycles. The Morgan fingerprint density at radius 1 is 1.04 bits per heavy atom. The van der Waals surface area contributed by atoms with Crippen LogP contribution in [0.1, 0.15) is 24.1 Å². The SMILES string of the molecule is Cc1cccc(-n2nnc3c(=O)n([C@@H](C)c4ccccc4)cnc32)c1. The Kier molecular flexibility index (Phi) is 3.65. The van der Waals surface area contributed by atoms with Gasteiger partial charge in [0.25, 0.3) is 5.56 Å². The summed E-state index contributed by atoms with van der Waals surface area (Å²) in [5.41, 5.74) is 3.52. The monoisotopic (exact) mass is 331 g/mol. The number of hydrogen-bond acceptors (Lipinski definition) is 4. The minimum absolute atomic E-state index is 0.130. The smallest absolute Gasteiger partial charge is 0.284 e. The first-order chi connectivity index (χ1) is 12.1. The lowest BCUT2D eigenvalue weighted by molar-refractivity contribution is 0.607. The lowest BCUT2D eigenvalue weighted by Crippen LogP contribution is -2.24. The third-order valence-corrected chi connectivity index (χ3v) is 4.33. The molecule has 0 saturated carbocycles. The van der Waals surface area contributed by atoms with Gasteiger partial charge in [0.15, 0.2) is 11.2 Å². The first-order valence-electron chi connectivity index (χ1n) is 8.09. The fourth-order valence-corrected chi connectivity index (χ4v) is 2.92. The molecule has 124 valence electrons. The van der Waals surface area contributed by atoms with E-state index in [2.05, 4.69) is 15.3 Å². The molecule has 0 amide bonds. The Bertz CT molecular complexity index is 1100. The van der Waals surface area contributed by atoms with Gasteiger partial charge in [-0.3, -0.25) is 9.36 Å². The summed E-state index contributed by atoms with van der Waals surface area (Å²) in [4.78, 5) is 17.3. The molecular weight excluding hydrogens is 314 g/mol. The Balaban J connectivity index is 1.84. The first-order valence-corrected chi connectivity index (χ1v) is 8.09. The highest BCUT2D eigenvalue weighted by Crippen LogP contribution is 2.17. The Morgan fingerprint density at radius 3 is 2.60 bits per heavy atom. The summed E-state index contributed by atoms with van der Waals surface area (Å²) in [6.45, 7) is 3.97. The van der Waals surface area contributed by atoms with Crippen molar-refractivity contribution in [3.05, 3.63) is 82.4 Å². The molecule has 0 fully saturated rings. The third kappa shape index (κ3) is 2.61. The molecule has 4 rings (SSSR count). The number of aryl methyl sites for hydroxylation is 1. The molecule has 0 radical (unpaired) electrons. The molecule has 2 aromatic carbocycles. The van der Waals surface area contributed by atoms with E-state index in [9.17, 15) is 4.79 Å². The molecule has 4 aromatic rings. The first kappa shape index (κ1) is 15.3. The van der Waals surface area contributed by atoms with Gasteiger partial charge in [-0.05, 0) is 37.1 Å². The lowest BCUT2D eigenvalue weighted by atomic mass is 10.1. The largest absolute Gasteiger partial charge is 0.290 e. The molecular formula is C19H17N5O. The molecule has 0 bridgehead atoms. The highest BCUT2D eigenvalue weighted by Gasteiger charge is 2.16. The van der Waals surface area contributed by atoms with Crippen LogP contribution in [0.2, 0.25) is 0 Å². The molecule has 0 saturated heterocycles. The molecule has 0 N–H and O–H groups in total. The zero-order valence-corrected chi connectivity index (χ0v) is 14.0. The average molecular weight is 331 g/mol. The van der Waals surface area contributed by atoms with Gasteiger partial charge in [0, 0.05) is 0 Å². The highest BCUT2D eigenvalue weighted by molar-refractivity contribution is 5.70. The van der Waals surface area contributed by atoms with Gasteiger partial charge in [-0.2, -0.15) is 4.68 Å². The summed E-state index contributed by atoms with van der Waals surface area (Å²) in [6.07, 6.45) is 1.57. The van der Waals surface area contributed by atoms with E-state index in [0.717, 1.165) is 16.8 Å². The van der Waals surface area contributed by atoms with E-state index in [4.69, 9.17) is 0 Å². The van der Waals surface area contributed by atoms with Crippen molar-refractivity contribution in [3.8, 4) is 5.69 Å². The van der Waals surface area contributed by atoms with Crippen LogP contribution in [-0.2, 0) is 0 Å². The second-order valence-electron chi connectivity index (χ2n) is 6.06. The molecule has 6 heteroatoms. The van der Waals surface area contributed by atoms with Crippen LogP contribution < -0.4 is 5.56 Å². The van der Waals surface area contributed by atoms with Gasteiger partial charge in [0.1, 0.15) is 6.33 Å². The van der Waals surface area contributed by atoms with Crippen LogP contribution in [-0.4, -0.2) is 24.5 Å². The zero-order chi connectivity index (χ0) is 17.4. The molecule has 0 unspecified atom stereocenters. The minimum atomic E-state index is -0.194. The summed E-state index contributed by atoms with van der Waals surface area (Å²) < 4.78 is 3.19. The fourth-order valence-electron chi connectivity index (χ4n) is 2.92. The van der Waals surface area contributed by atoms with Gasteiger partial charge in [-0.1, -0.05) is 47.7 Å². The molecule has 0 aliphatic rings. The van der Waals surface area contributed by atoms with Crippen molar-refractivity contribution in [3.63, 3.8) is 0 Å². The van der Waals surface area contributed by atoms with E-state index in [1.54, 1.807) is 15.6 Å². The molecule has 2 aromatic heterocycles. The zero-order valence-electron chi connectivity index (χ0n) is 14.0. The molecule has 25 heavy (non-hydrogen) atoms. The Labute approximate surface area is 144 Å². The summed E-state index contributed by atoms with van der Waals surface area (Å²) in [5.74, 6) is 0. The molecule has 0 aliphatic carbocycles. The molecule has 6 nitrogen and oxygen atoms in total. The van der Waals surface area contributed by atoms with Crippen LogP contribution in [0, 0.1) is 6.92 Å². The summed E-state index contributed by atoms with van der Waals surface area (Å²) >= 11 is 0. The van der Waals surface area contributed by atoms with Crippen LogP contribution in [0.25, 0.3) is 16.9 Å². The van der Waals surface area contributed by atoms with Crippen molar-refractivity contribution in [1.29, 1.82) is 0 Å². The van der Waals surface area contributed by atoms with Crippen molar-refractivity contribution < 1.29 is 0 Å². The van der Waals surface area contributed by atoms with Gasteiger partial charge in [0.2, 0.25) is 0 Å². The van der Waals surface area contributed by atoms with Crippen LogP contribution in [0.15, 0.2) is 65.7 Å². The second-order valence-corrected chi connectivity index (χ2v) is 6.06. The average Bonchev–Trinajstić information content (AvgIpc) is 3.07. The maximum atomic E-state index is 12.9. The van der Waals surface area contributed by atoms with E-state index in [0.29, 0.717) is 5.65 Å². The maximum absolute atomic E-state index is 12.9. The molecule has 0 spiro atoms. The van der Waals surface area contributed by atoms with E-state index >= 15 is 0 Å². The topological polar surface area (TPSA) is 65.6 Å². The van der Waals surface area contributed by atoms with Crippen molar-refractivity contribution in [2.75, 3.05) is 0 Å². The van der Waals surface area contributed by atoms with Crippen LogP contribution in [0.3, 0.4) is 0 Å². The van der Waals surface area contributed by atoms with Gasteiger partial charge >= 0.3 is 0 Å².